The number of hydrogen-bond acceptors (Lipinski definition) is 3. The lowest BCUT2D eigenvalue weighted by atomic mass is 10.1. The van der Waals surface area contributed by atoms with Crippen molar-refractivity contribution in [3.05, 3.63) is 0 Å². The van der Waals surface area contributed by atoms with Crippen molar-refractivity contribution >= 4 is 10.1 Å². The highest BCUT2D eigenvalue weighted by Crippen LogP contribution is 2.13. The number of hydrogen-bond donors (Lipinski definition) is 2. The minimum absolute atomic E-state index is 0.243. The maximum atomic E-state index is 11.2. The van der Waals surface area contributed by atoms with E-state index in [1.165, 1.54) is 51.4 Å². The van der Waals surface area contributed by atoms with Crippen molar-refractivity contribution in [2.24, 2.45) is 0 Å². The van der Waals surface area contributed by atoms with Gasteiger partial charge in [0.2, 0.25) is 0 Å². The van der Waals surface area contributed by atoms with Crippen LogP contribution in [0.3, 0.4) is 0 Å². The van der Waals surface area contributed by atoms with E-state index in [1.807, 2.05) is 14.1 Å². The molecule has 1 unspecified atom stereocenters. The average molecular weight is 353 g/mol. The molecule has 0 spiro atoms. The van der Waals surface area contributed by atoms with Crippen molar-refractivity contribution < 1.29 is 22.6 Å². The molecule has 23 heavy (non-hydrogen) atoms. The zero-order valence-electron chi connectivity index (χ0n) is 15.3. The molecule has 0 aromatic carbocycles. The average Bonchev–Trinajstić information content (AvgIpc) is 2.45. The van der Waals surface area contributed by atoms with Crippen LogP contribution in [-0.2, 0) is 10.1 Å². The first-order valence-corrected chi connectivity index (χ1v) is 10.6. The normalized spacial score (nSPS) is 14.1. The Hall–Kier alpha value is -0.170. The van der Waals surface area contributed by atoms with Gasteiger partial charge in [0.1, 0.15) is 0 Å². The summed E-state index contributed by atoms with van der Waals surface area (Å²) in [6.45, 7) is 2.81. The van der Waals surface area contributed by atoms with E-state index >= 15 is 0 Å². The quantitative estimate of drug-likeness (QED) is 0.269. The van der Waals surface area contributed by atoms with Gasteiger partial charge in [-0.25, -0.2) is 0 Å². The predicted molar refractivity (Wildman–Crippen MR) is 96.1 cm³/mol. The van der Waals surface area contributed by atoms with Gasteiger partial charge in [0, 0.05) is 0 Å². The van der Waals surface area contributed by atoms with E-state index in [9.17, 15) is 8.42 Å². The Morgan fingerprint density at radius 3 is 1.70 bits per heavy atom. The summed E-state index contributed by atoms with van der Waals surface area (Å²) in [5, 5.41) is 8.04. The summed E-state index contributed by atoms with van der Waals surface area (Å²) < 4.78 is 31.9. The molecule has 0 aromatic heterocycles. The van der Waals surface area contributed by atoms with Crippen molar-refractivity contribution in [3.8, 4) is 0 Å². The minimum Gasteiger partial charge on any atom is -0.395 e. The van der Waals surface area contributed by atoms with Crippen molar-refractivity contribution in [2.45, 2.75) is 76.4 Å². The Bertz CT molecular complexity index is 382. The zero-order valence-corrected chi connectivity index (χ0v) is 16.2. The summed E-state index contributed by atoms with van der Waals surface area (Å²) in [4.78, 5) is 0. The summed E-state index contributed by atoms with van der Waals surface area (Å²) in [7, 11) is -0.274. The first-order chi connectivity index (χ1) is 10.7. The smallest absolute Gasteiger partial charge is 0.275 e. The van der Waals surface area contributed by atoms with Gasteiger partial charge in [0.25, 0.3) is 10.1 Å². The molecule has 0 fully saturated rings. The first kappa shape index (κ1) is 22.8. The number of unbranched alkanes of at least 4 members (excludes halogenated alkanes) is 9. The molecule has 5 nitrogen and oxygen atoms in total. The number of aliphatic hydroxyl groups is 1. The minimum atomic E-state index is -4.17. The molecule has 0 saturated heterocycles. The van der Waals surface area contributed by atoms with Crippen molar-refractivity contribution in [3.63, 3.8) is 0 Å². The Balaban J connectivity index is 3.74. The van der Waals surface area contributed by atoms with E-state index in [0.29, 0.717) is 4.48 Å². The summed E-state index contributed by atoms with van der Waals surface area (Å²) in [5.41, 5.74) is 0. The molecule has 6 heteroatoms. The van der Waals surface area contributed by atoms with E-state index in [4.69, 9.17) is 9.66 Å². The van der Waals surface area contributed by atoms with Gasteiger partial charge in [-0.2, -0.15) is 8.42 Å². The van der Waals surface area contributed by atoms with Gasteiger partial charge in [-0.05, 0) is 12.8 Å². The van der Waals surface area contributed by atoms with E-state index in [2.05, 4.69) is 6.92 Å². The van der Waals surface area contributed by atoms with Crippen LogP contribution < -0.4 is 0 Å². The number of aliphatic hydroxyl groups excluding tert-OH is 1. The SMILES string of the molecule is CCCCCCCCCCCC[N+](C)(C)CC(CO)S(=O)(=O)O. The summed E-state index contributed by atoms with van der Waals surface area (Å²) in [6, 6.07) is 0. The Morgan fingerprint density at radius 2 is 1.30 bits per heavy atom. The number of quaternary nitrogens is 1. The van der Waals surface area contributed by atoms with Crippen LogP contribution in [0.25, 0.3) is 0 Å². The van der Waals surface area contributed by atoms with Crippen LogP contribution in [0.1, 0.15) is 71.1 Å². The Kier molecular flexibility index (Phi) is 12.1. The predicted octanol–water partition coefficient (Wildman–Crippen LogP) is 3.23. The summed E-state index contributed by atoms with van der Waals surface area (Å²) >= 11 is 0. The van der Waals surface area contributed by atoms with Crippen LogP contribution in [0, 0.1) is 0 Å². The highest BCUT2D eigenvalue weighted by atomic mass is 32.2. The standard InChI is InChI=1S/C17H37NO4S/c1-4-5-6-7-8-9-10-11-12-13-14-18(2,3)15-17(16-19)23(20,21)22/h17,19H,4-16H2,1-3H3/p+1. The number of rotatable bonds is 15. The van der Waals surface area contributed by atoms with Crippen molar-refractivity contribution in [1.82, 2.24) is 0 Å². The molecular weight excluding hydrogens is 314 g/mol. The molecular formula is C17H38NO4S+. The third-order valence-corrected chi connectivity index (χ3v) is 5.58. The second-order valence-electron chi connectivity index (χ2n) is 7.34. The van der Waals surface area contributed by atoms with E-state index < -0.39 is 22.0 Å². The van der Waals surface area contributed by atoms with E-state index in [1.54, 1.807) is 0 Å². The highest BCUT2D eigenvalue weighted by molar-refractivity contribution is 7.86. The molecule has 0 aliphatic carbocycles. The monoisotopic (exact) mass is 352 g/mol. The largest absolute Gasteiger partial charge is 0.395 e. The fourth-order valence-electron chi connectivity index (χ4n) is 2.92. The highest BCUT2D eigenvalue weighted by Gasteiger charge is 2.30. The van der Waals surface area contributed by atoms with Crippen LogP contribution in [-0.4, -0.2) is 61.6 Å². The maximum Gasteiger partial charge on any atom is 0.275 e. The van der Waals surface area contributed by atoms with Gasteiger partial charge in [0.05, 0.1) is 33.8 Å². The van der Waals surface area contributed by atoms with Gasteiger partial charge in [-0.15, -0.1) is 0 Å². The van der Waals surface area contributed by atoms with Crippen LogP contribution in [0.4, 0.5) is 0 Å². The summed E-state index contributed by atoms with van der Waals surface area (Å²) in [5.74, 6) is 0. The van der Waals surface area contributed by atoms with Crippen molar-refractivity contribution in [1.29, 1.82) is 0 Å². The molecule has 0 saturated carbocycles. The van der Waals surface area contributed by atoms with E-state index in [0.717, 1.165) is 19.4 Å². The second kappa shape index (κ2) is 12.2. The van der Waals surface area contributed by atoms with Crippen LogP contribution >= 0.6 is 0 Å². The molecule has 2 N–H and O–H groups in total. The molecule has 0 heterocycles. The number of nitrogens with zero attached hydrogens (tertiary/aromatic N) is 1. The Morgan fingerprint density at radius 1 is 0.870 bits per heavy atom. The topological polar surface area (TPSA) is 74.6 Å². The van der Waals surface area contributed by atoms with Crippen LogP contribution in [0.15, 0.2) is 0 Å². The fraction of sp³-hybridized carbons (Fsp3) is 1.00. The van der Waals surface area contributed by atoms with Crippen LogP contribution in [0.2, 0.25) is 0 Å². The second-order valence-corrected chi connectivity index (χ2v) is 9.04. The lowest BCUT2D eigenvalue weighted by Crippen LogP contribution is -2.49. The molecule has 140 valence electrons. The van der Waals surface area contributed by atoms with E-state index in [-0.39, 0.29) is 6.54 Å². The maximum absolute atomic E-state index is 11.2. The van der Waals surface area contributed by atoms with Gasteiger partial charge in [0.15, 0.2) is 5.25 Å². The Labute approximate surface area is 143 Å². The lowest BCUT2D eigenvalue weighted by Gasteiger charge is -2.32. The lowest BCUT2D eigenvalue weighted by molar-refractivity contribution is -0.890. The van der Waals surface area contributed by atoms with Gasteiger partial charge < -0.3 is 9.59 Å². The zero-order chi connectivity index (χ0) is 17.8. The van der Waals surface area contributed by atoms with Gasteiger partial charge in [-0.1, -0.05) is 58.3 Å². The summed E-state index contributed by atoms with van der Waals surface area (Å²) in [6.07, 6.45) is 12.7. The third-order valence-electron chi connectivity index (χ3n) is 4.44. The fourth-order valence-corrected chi connectivity index (χ4v) is 3.70. The third kappa shape index (κ3) is 12.9. The molecule has 0 radical (unpaired) electrons. The van der Waals surface area contributed by atoms with Crippen molar-refractivity contribution in [2.75, 3.05) is 33.8 Å². The van der Waals surface area contributed by atoms with Crippen LogP contribution in [0.5, 0.6) is 0 Å². The first-order valence-electron chi connectivity index (χ1n) is 9.12. The molecule has 0 amide bonds. The molecule has 0 aromatic rings. The molecule has 0 rings (SSSR count). The molecule has 1 atom stereocenters. The molecule has 0 aliphatic heterocycles. The van der Waals surface area contributed by atoms with Gasteiger partial charge in [-0.3, -0.25) is 4.55 Å². The molecule has 0 aliphatic rings. The molecule has 0 bridgehead atoms. The van der Waals surface area contributed by atoms with Gasteiger partial charge >= 0.3 is 0 Å².